The first-order valence-electron chi connectivity index (χ1n) is 9.41. The van der Waals surface area contributed by atoms with Crippen LogP contribution in [-0.2, 0) is 11.3 Å². The third kappa shape index (κ3) is 4.88. The van der Waals surface area contributed by atoms with E-state index in [4.69, 9.17) is 0 Å². The number of rotatable bonds is 4. The molecule has 2 aromatic rings. The zero-order valence-electron chi connectivity index (χ0n) is 16.0. The van der Waals surface area contributed by atoms with Crippen molar-refractivity contribution >= 4 is 17.6 Å². The molecule has 1 saturated heterocycles. The van der Waals surface area contributed by atoms with E-state index in [1.165, 1.54) is 0 Å². The second-order valence-electron chi connectivity index (χ2n) is 7.55. The number of aryl methyl sites for hydroxylation is 1. The molecule has 0 radical (unpaired) electrons. The Labute approximate surface area is 160 Å². The minimum absolute atomic E-state index is 0.000548. The van der Waals surface area contributed by atoms with Gasteiger partial charge in [-0.05, 0) is 49.9 Å². The average molecular weight is 365 g/mol. The number of carbonyl (C=O) groups excluding carboxylic acids is 2. The lowest BCUT2D eigenvalue weighted by Crippen LogP contribution is -2.52. The fourth-order valence-electron chi connectivity index (χ4n) is 3.52. The van der Waals surface area contributed by atoms with E-state index in [-0.39, 0.29) is 11.9 Å². The monoisotopic (exact) mass is 365 g/mol. The number of anilines is 1. The molecule has 1 fully saturated rings. The number of hydrogen-bond donors (Lipinski definition) is 2. The summed E-state index contributed by atoms with van der Waals surface area (Å²) < 4.78 is 0. The fraction of sp³-hybridized carbons (Fsp3) is 0.364. The molecule has 2 N–H and O–H groups in total. The molecule has 3 amide bonds. The van der Waals surface area contributed by atoms with Crippen molar-refractivity contribution in [3.8, 4) is 0 Å². The average Bonchev–Trinajstić information content (AvgIpc) is 2.67. The normalized spacial score (nSPS) is 19.4. The summed E-state index contributed by atoms with van der Waals surface area (Å²) in [6.07, 6.45) is 1.60. The predicted octanol–water partition coefficient (Wildman–Crippen LogP) is 3.95. The Morgan fingerprint density at radius 1 is 1.11 bits per heavy atom. The molecule has 0 spiro atoms. The predicted molar refractivity (Wildman–Crippen MR) is 107 cm³/mol. The highest BCUT2D eigenvalue weighted by atomic mass is 16.2. The molecule has 1 atom stereocenters. The largest absolute Gasteiger partial charge is 0.351 e. The summed E-state index contributed by atoms with van der Waals surface area (Å²) in [4.78, 5) is 27.2. The van der Waals surface area contributed by atoms with Crippen molar-refractivity contribution in [3.05, 3.63) is 65.7 Å². The number of nitrogens with zero attached hydrogens (tertiary/aromatic N) is 1. The van der Waals surface area contributed by atoms with Gasteiger partial charge in [0.1, 0.15) is 0 Å². The van der Waals surface area contributed by atoms with Crippen LogP contribution in [0.4, 0.5) is 10.5 Å². The van der Waals surface area contributed by atoms with Gasteiger partial charge < -0.3 is 15.5 Å². The van der Waals surface area contributed by atoms with Crippen molar-refractivity contribution in [2.45, 2.75) is 33.2 Å². The third-order valence-corrected chi connectivity index (χ3v) is 5.10. The Hall–Kier alpha value is -2.82. The molecule has 0 bridgehead atoms. The highest BCUT2D eigenvalue weighted by Gasteiger charge is 2.39. The highest BCUT2D eigenvalue weighted by molar-refractivity contribution is 5.90. The number of likely N-dealkylation sites (tertiary alicyclic amines) is 1. The van der Waals surface area contributed by atoms with E-state index in [1.54, 1.807) is 4.90 Å². The molecule has 1 heterocycles. The number of hydrogen-bond acceptors (Lipinski definition) is 2. The number of benzene rings is 2. The van der Waals surface area contributed by atoms with E-state index in [9.17, 15) is 9.59 Å². The van der Waals surface area contributed by atoms with Gasteiger partial charge in [0.25, 0.3) is 0 Å². The summed E-state index contributed by atoms with van der Waals surface area (Å²) in [6.45, 7) is 5.53. The maximum Gasteiger partial charge on any atom is 0.321 e. The zero-order valence-corrected chi connectivity index (χ0v) is 16.0. The molecular formula is C22H27N3O2. The topological polar surface area (TPSA) is 61.4 Å². The van der Waals surface area contributed by atoms with Crippen LogP contribution in [0, 0.1) is 12.3 Å². The molecule has 5 heteroatoms. The summed E-state index contributed by atoms with van der Waals surface area (Å²) in [7, 11) is 0. The van der Waals surface area contributed by atoms with Gasteiger partial charge >= 0.3 is 6.03 Å². The molecule has 27 heavy (non-hydrogen) atoms. The number of carbonyl (C=O) groups is 2. The molecule has 0 aromatic heterocycles. The SMILES string of the molecule is Cc1cccc(NC(=O)N2CCC[C@](C)(C(=O)NCc3ccccc3)C2)c1. The van der Waals surface area contributed by atoms with Gasteiger partial charge in [0.2, 0.25) is 5.91 Å². The van der Waals surface area contributed by atoms with Crippen LogP contribution >= 0.6 is 0 Å². The van der Waals surface area contributed by atoms with E-state index < -0.39 is 5.41 Å². The Morgan fingerprint density at radius 2 is 1.89 bits per heavy atom. The molecule has 3 rings (SSSR count). The molecular weight excluding hydrogens is 338 g/mol. The molecule has 0 unspecified atom stereocenters. The summed E-state index contributed by atoms with van der Waals surface area (Å²) in [6, 6.07) is 17.4. The van der Waals surface area contributed by atoms with Crippen molar-refractivity contribution in [2.24, 2.45) is 5.41 Å². The van der Waals surface area contributed by atoms with Crippen LogP contribution in [-0.4, -0.2) is 29.9 Å². The molecule has 142 valence electrons. The molecule has 0 saturated carbocycles. The van der Waals surface area contributed by atoms with Crippen molar-refractivity contribution in [1.82, 2.24) is 10.2 Å². The third-order valence-electron chi connectivity index (χ3n) is 5.10. The smallest absolute Gasteiger partial charge is 0.321 e. The number of urea groups is 1. The highest BCUT2D eigenvalue weighted by Crippen LogP contribution is 2.30. The molecule has 1 aliphatic heterocycles. The minimum atomic E-state index is -0.572. The van der Waals surface area contributed by atoms with Gasteiger partial charge in [-0.1, -0.05) is 42.5 Å². The maximum absolute atomic E-state index is 12.8. The van der Waals surface area contributed by atoms with E-state index in [2.05, 4.69) is 10.6 Å². The molecule has 0 aliphatic carbocycles. The zero-order chi connectivity index (χ0) is 19.3. The quantitative estimate of drug-likeness (QED) is 0.862. The van der Waals surface area contributed by atoms with Crippen LogP contribution < -0.4 is 10.6 Å². The van der Waals surface area contributed by atoms with E-state index >= 15 is 0 Å². The first kappa shape index (κ1) is 19.0. The van der Waals surface area contributed by atoms with Crippen LogP contribution in [0.2, 0.25) is 0 Å². The Kier molecular flexibility index (Phi) is 5.79. The second-order valence-corrected chi connectivity index (χ2v) is 7.55. The summed E-state index contributed by atoms with van der Waals surface area (Å²) in [5, 5.41) is 5.97. The van der Waals surface area contributed by atoms with Gasteiger partial charge in [-0.25, -0.2) is 4.79 Å². The summed E-state index contributed by atoms with van der Waals surface area (Å²) >= 11 is 0. The number of nitrogens with one attached hydrogen (secondary N) is 2. The first-order chi connectivity index (χ1) is 13.0. The maximum atomic E-state index is 12.8. The Balaban J connectivity index is 1.59. The molecule has 5 nitrogen and oxygen atoms in total. The van der Waals surface area contributed by atoms with Gasteiger partial charge in [0, 0.05) is 25.3 Å². The fourth-order valence-corrected chi connectivity index (χ4v) is 3.52. The van der Waals surface area contributed by atoms with Gasteiger partial charge in [-0.15, -0.1) is 0 Å². The minimum Gasteiger partial charge on any atom is -0.351 e. The summed E-state index contributed by atoms with van der Waals surface area (Å²) in [5.41, 5.74) is 2.37. The number of piperidine rings is 1. The van der Waals surface area contributed by atoms with Crippen molar-refractivity contribution < 1.29 is 9.59 Å². The first-order valence-corrected chi connectivity index (χ1v) is 9.41. The van der Waals surface area contributed by atoms with Crippen LogP contribution in [0.15, 0.2) is 54.6 Å². The van der Waals surface area contributed by atoms with Gasteiger partial charge in [0.05, 0.1) is 5.41 Å². The van der Waals surface area contributed by atoms with Crippen LogP contribution in [0.3, 0.4) is 0 Å². The summed E-state index contributed by atoms with van der Waals surface area (Å²) in [5.74, 6) is -0.000548. The van der Waals surface area contributed by atoms with E-state index in [1.807, 2.05) is 68.4 Å². The van der Waals surface area contributed by atoms with Gasteiger partial charge in [-0.2, -0.15) is 0 Å². The Morgan fingerprint density at radius 3 is 2.63 bits per heavy atom. The molecule has 1 aliphatic rings. The van der Waals surface area contributed by atoms with Crippen molar-refractivity contribution in [3.63, 3.8) is 0 Å². The van der Waals surface area contributed by atoms with Crippen molar-refractivity contribution in [1.29, 1.82) is 0 Å². The van der Waals surface area contributed by atoms with Crippen LogP contribution in [0.25, 0.3) is 0 Å². The molecule has 2 aromatic carbocycles. The van der Waals surface area contributed by atoms with E-state index in [0.29, 0.717) is 19.6 Å². The van der Waals surface area contributed by atoms with Crippen LogP contribution in [0.5, 0.6) is 0 Å². The lowest BCUT2D eigenvalue weighted by Gasteiger charge is -2.39. The lowest BCUT2D eigenvalue weighted by molar-refractivity contribution is -0.132. The van der Waals surface area contributed by atoms with Crippen LogP contribution in [0.1, 0.15) is 30.9 Å². The lowest BCUT2D eigenvalue weighted by atomic mass is 9.81. The standard InChI is InChI=1S/C22H27N3O2/c1-17-8-6-11-19(14-17)24-21(27)25-13-7-12-22(2,16-25)20(26)23-15-18-9-4-3-5-10-18/h3-6,8-11,14H,7,12-13,15-16H2,1-2H3,(H,23,26)(H,24,27)/t22-/m0/s1. The van der Waals surface area contributed by atoms with Gasteiger partial charge in [0.15, 0.2) is 0 Å². The van der Waals surface area contributed by atoms with E-state index in [0.717, 1.165) is 29.7 Å². The Bertz CT molecular complexity index is 806. The second kappa shape index (κ2) is 8.25. The number of amides is 3. The van der Waals surface area contributed by atoms with Gasteiger partial charge in [-0.3, -0.25) is 4.79 Å². The van der Waals surface area contributed by atoms with Crippen molar-refractivity contribution in [2.75, 3.05) is 18.4 Å².